The van der Waals surface area contributed by atoms with Gasteiger partial charge in [-0.05, 0) is 43.4 Å². The highest BCUT2D eigenvalue weighted by Gasteiger charge is 2.35. The molecule has 2 saturated carbocycles. The molecule has 2 aliphatic carbocycles. The van der Waals surface area contributed by atoms with Crippen molar-refractivity contribution in [2.75, 3.05) is 7.05 Å². The highest BCUT2D eigenvalue weighted by atomic mass is 35.5. The van der Waals surface area contributed by atoms with Crippen LogP contribution in [0.1, 0.15) is 31.2 Å². The Kier molecular flexibility index (Phi) is 3.98. The van der Waals surface area contributed by atoms with E-state index in [4.69, 9.17) is 11.6 Å². The molecule has 2 fully saturated rings. The summed E-state index contributed by atoms with van der Waals surface area (Å²) in [5.74, 6) is -0.686. The molecule has 3 rings (SSSR count). The average molecular weight is 333 g/mol. The van der Waals surface area contributed by atoms with Crippen LogP contribution in [0.4, 0.5) is 4.39 Å². The van der Waals surface area contributed by atoms with Crippen molar-refractivity contribution < 1.29 is 12.8 Å². The molecule has 116 valence electrons. The molecular formula is C14H18ClFN2O2S. The average Bonchev–Trinajstić information content (AvgIpc) is 3.31. The normalized spacial score (nSPS) is 19.2. The number of benzene rings is 1. The number of nitrogens with zero attached hydrogens (tertiary/aromatic N) is 1. The molecule has 21 heavy (non-hydrogen) atoms. The number of nitrogens with one attached hydrogen (secondary N) is 1. The van der Waals surface area contributed by atoms with E-state index in [9.17, 15) is 12.8 Å². The maximum Gasteiger partial charge on any atom is 0.243 e. The molecule has 1 aromatic carbocycles. The molecule has 4 nitrogen and oxygen atoms in total. The lowest BCUT2D eigenvalue weighted by atomic mass is 10.2. The maximum atomic E-state index is 13.9. The summed E-state index contributed by atoms with van der Waals surface area (Å²) in [6.07, 6.45) is 3.93. The van der Waals surface area contributed by atoms with Gasteiger partial charge >= 0.3 is 0 Å². The van der Waals surface area contributed by atoms with E-state index < -0.39 is 15.8 Å². The smallest absolute Gasteiger partial charge is 0.243 e. The molecule has 7 heteroatoms. The van der Waals surface area contributed by atoms with E-state index in [0.717, 1.165) is 31.7 Å². The summed E-state index contributed by atoms with van der Waals surface area (Å²) in [4.78, 5) is -0.0219. The summed E-state index contributed by atoms with van der Waals surface area (Å²) in [5.41, 5.74) is 0.492. The zero-order valence-corrected chi connectivity index (χ0v) is 13.3. The number of halogens is 2. The van der Waals surface area contributed by atoms with Gasteiger partial charge in [-0.15, -0.1) is 0 Å². The number of rotatable bonds is 6. The zero-order chi connectivity index (χ0) is 15.2. The minimum atomic E-state index is -3.65. The fourth-order valence-corrected chi connectivity index (χ4v) is 3.89. The first kappa shape index (κ1) is 15.2. The van der Waals surface area contributed by atoms with Crippen LogP contribution in [0.2, 0.25) is 5.02 Å². The molecule has 0 amide bonds. The molecule has 0 radical (unpaired) electrons. The van der Waals surface area contributed by atoms with E-state index in [1.165, 1.54) is 10.4 Å². The lowest BCUT2D eigenvalue weighted by Crippen LogP contribution is -2.29. The largest absolute Gasteiger partial charge is 0.310 e. The van der Waals surface area contributed by atoms with Crippen LogP contribution in [0, 0.1) is 5.82 Å². The van der Waals surface area contributed by atoms with Crippen molar-refractivity contribution >= 4 is 21.6 Å². The molecule has 0 atom stereocenters. The van der Waals surface area contributed by atoms with Crippen molar-refractivity contribution in [3.8, 4) is 0 Å². The number of hydrogen-bond donors (Lipinski definition) is 1. The third-order valence-corrected chi connectivity index (χ3v) is 6.28. The highest BCUT2D eigenvalue weighted by molar-refractivity contribution is 7.89. The summed E-state index contributed by atoms with van der Waals surface area (Å²) in [6, 6.07) is 2.98. The Morgan fingerprint density at radius 3 is 2.57 bits per heavy atom. The maximum absolute atomic E-state index is 13.9. The molecule has 0 heterocycles. The third kappa shape index (κ3) is 3.23. The van der Waals surface area contributed by atoms with E-state index in [1.54, 1.807) is 7.05 Å². The van der Waals surface area contributed by atoms with Gasteiger partial charge in [0.2, 0.25) is 10.0 Å². The third-order valence-electron chi connectivity index (χ3n) is 3.97. The van der Waals surface area contributed by atoms with Crippen molar-refractivity contribution in [1.29, 1.82) is 0 Å². The Balaban J connectivity index is 1.90. The molecule has 1 aromatic rings. The van der Waals surface area contributed by atoms with E-state index in [2.05, 4.69) is 5.32 Å². The second-order valence-corrected chi connectivity index (χ2v) is 8.16. The molecule has 0 spiro atoms. The Morgan fingerprint density at radius 2 is 2.00 bits per heavy atom. The monoisotopic (exact) mass is 332 g/mol. The van der Waals surface area contributed by atoms with Crippen molar-refractivity contribution in [3.63, 3.8) is 0 Å². The Hall–Kier alpha value is -0.690. The van der Waals surface area contributed by atoms with Crippen LogP contribution in [0.5, 0.6) is 0 Å². The molecule has 0 aromatic heterocycles. The van der Waals surface area contributed by atoms with Gasteiger partial charge in [0.05, 0.1) is 9.92 Å². The van der Waals surface area contributed by atoms with Gasteiger partial charge in [-0.1, -0.05) is 11.6 Å². The van der Waals surface area contributed by atoms with Crippen LogP contribution in [-0.2, 0) is 16.6 Å². The van der Waals surface area contributed by atoms with Crippen LogP contribution >= 0.6 is 11.6 Å². The van der Waals surface area contributed by atoms with Crippen molar-refractivity contribution in [1.82, 2.24) is 9.62 Å². The van der Waals surface area contributed by atoms with Crippen LogP contribution in [0.15, 0.2) is 17.0 Å². The minimum absolute atomic E-state index is 0.00354. The zero-order valence-electron chi connectivity index (χ0n) is 11.8. The van der Waals surface area contributed by atoms with Crippen LogP contribution < -0.4 is 5.32 Å². The molecule has 0 saturated heterocycles. The molecule has 1 N–H and O–H groups in total. The van der Waals surface area contributed by atoms with Crippen LogP contribution in [-0.4, -0.2) is 31.9 Å². The lowest BCUT2D eigenvalue weighted by molar-refractivity contribution is 0.463. The Morgan fingerprint density at radius 1 is 1.33 bits per heavy atom. The van der Waals surface area contributed by atoms with Gasteiger partial charge < -0.3 is 5.32 Å². The number of hydrogen-bond acceptors (Lipinski definition) is 3. The second kappa shape index (κ2) is 5.50. The standard InChI is InChI=1S/C14H18ClFN2O2S/c1-18(11-4-5-11)21(19,20)12-6-9(8-17-10-2-3-10)14(15)13(16)7-12/h6-7,10-11,17H,2-5,8H2,1H3. The summed E-state index contributed by atoms with van der Waals surface area (Å²) < 4.78 is 40.2. The van der Waals surface area contributed by atoms with Crippen molar-refractivity contribution in [2.24, 2.45) is 0 Å². The van der Waals surface area contributed by atoms with Gasteiger partial charge in [0, 0.05) is 25.7 Å². The predicted octanol–water partition coefficient (Wildman–Crippen LogP) is 2.51. The Bertz CT molecular complexity index is 657. The molecule has 0 bridgehead atoms. The summed E-state index contributed by atoms with van der Waals surface area (Å²) in [7, 11) is -2.11. The minimum Gasteiger partial charge on any atom is -0.310 e. The van der Waals surface area contributed by atoms with Crippen LogP contribution in [0.3, 0.4) is 0 Å². The first-order chi connectivity index (χ1) is 9.89. The van der Waals surface area contributed by atoms with Crippen molar-refractivity contribution in [3.05, 3.63) is 28.5 Å². The van der Waals surface area contributed by atoms with Gasteiger partial charge in [-0.25, -0.2) is 12.8 Å². The van der Waals surface area contributed by atoms with E-state index in [0.29, 0.717) is 18.2 Å². The molecule has 2 aliphatic rings. The van der Waals surface area contributed by atoms with Gasteiger partial charge in [-0.2, -0.15) is 4.31 Å². The predicted molar refractivity (Wildman–Crippen MR) is 79.2 cm³/mol. The van der Waals surface area contributed by atoms with Crippen molar-refractivity contribution in [2.45, 2.75) is 49.2 Å². The first-order valence-electron chi connectivity index (χ1n) is 7.09. The summed E-state index contributed by atoms with van der Waals surface area (Å²) in [5, 5.41) is 3.22. The van der Waals surface area contributed by atoms with Gasteiger partial charge in [0.15, 0.2) is 0 Å². The van der Waals surface area contributed by atoms with E-state index >= 15 is 0 Å². The Labute approximate surface area is 129 Å². The first-order valence-corrected chi connectivity index (χ1v) is 8.90. The lowest BCUT2D eigenvalue weighted by Gasteiger charge is -2.18. The SMILES string of the molecule is CN(C1CC1)S(=O)(=O)c1cc(F)c(Cl)c(CNC2CC2)c1. The topological polar surface area (TPSA) is 49.4 Å². The number of sulfonamides is 1. The fraction of sp³-hybridized carbons (Fsp3) is 0.571. The van der Waals surface area contributed by atoms with Gasteiger partial charge in [-0.3, -0.25) is 0 Å². The quantitative estimate of drug-likeness (QED) is 0.871. The van der Waals surface area contributed by atoms with Gasteiger partial charge in [0.25, 0.3) is 0 Å². The summed E-state index contributed by atoms with van der Waals surface area (Å²) >= 11 is 5.95. The van der Waals surface area contributed by atoms with E-state index in [1.807, 2.05) is 0 Å². The highest BCUT2D eigenvalue weighted by Crippen LogP contribution is 2.32. The molecule has 0 aliphatic heterocycles. The second-order valence-electron chi connectivity index (χ2n) is 5.79. The summed E-state index contributed by atoms with van der Waals surface area (Å²) in [6.45, 7) is 0.386. The molecule has 0 unspecified atom stereocenters. The molecular weight excluding hydrogens is 315 g/mol. The van der Waals surface area contributed by atoms with Crippen LogP contribution in [0.25, 0.3) is 0 Å². The fourth-order valence-electron chi connectivity index (χ4n) is 2.24. The van der Waals surface area contributed by atoms with E-state index in [-0.39, 0.29) is 16.0 Å². The van der Waals surface area contributed by atoms with Gasteiger partial charge in [0.1, 0.15) is 5.82 Å².